The van der Waals surface area contributed by atoms with Crippen molar-refractivity contribution in [2.45, 2.75) is 13.1 Å². The van der Waals surface area contributed by atoms with Gasteiger partial charge in [-0.05, 0) is 35.9 Å². The summed E-state index contributed by atoms with van der Waals surface area (Å²) in [6, 6.07) is 11.4. The highest BCUT2D eigenvalue weighted by molar-refractivity contribution is 5.46. The molecule has 0 unspecified atom stereocenters. The number of furan rings is 1. The SMILES string of the molecule is c1coc(CNc2ccnc(NCc3ccc4c(c3)OCO4)n2)c1. The van der Waals surface area contributed by atoms with Crippen LogP contribution in [0.3, 0.4) is 0 Å². The molecule has 7 nitrogen and oxygen atoms in total. The summed E-state index contributed by atoms with van der Waals surface area (Å²) in [5.41, 5.74) is 1.07. The minimum Gasteiger partial charge on any atom is -0.467 e. The molecule has 2 aromatic heterocycles. The lowest BCUT2D eigenvalue weighted by Gasteiger charge is -2.08. The molecule has 4 rings (SSSR count). The minimum absolute atomic E-state index is 0.276. The first-order chi connectivity index (χ1) is 11.9. The molecular formula is C17H16N4O3. The van der Waals surface area contributed by atoms with E-state index in [4.69, 9.17) is 13.9 Å². The van der Waals surface area contributed by atoms with E-state index in [1.807, 2.05) is 36.4 Å². The van der Waals surface area contributed by atoms with Crippen LogP contribution in [-0.2, 0) is 13.1 Å². The van der Waals surface area contributed by atoms with Gasteiger partial charge in [-0.15, -0.1) is 0 Å². The van der Waals surface area contributed by atoms with Gasteiger partial charge >= 0.3 is 0 Å². The standard InChI is InChI=1S/C17H16N4O3/c1-2-13(22-7-1)10-19-16-5-6-18-17(21-16)20-9-12-3-4-14-15(8-12)24-11-23-14/h1-8H,9-11H2,(H2,18,19,20,21). The molecule has 2 N–H and O–H groups in total. The van der Waals surface area contributed by atoms with Gasteiger partial charge in [0, 0.05) is 12.7 Å². The summed E-state index contributed by atoms with van der Waals surface area (Å²) in [7, 11) is 0. The molecule has 1 aromatic carbocycles. The Balaban J connectivity index is 1.37. The molecule has 0 aliphatic carbocycles. The highest BCUT2D eigenvalue weighted by Gasteiger charge is 2.13. The fraction of sp³-hybridized carbons (Fsp3) is 0.176. The fourth-order valence-corrected chi connectivity index (χ4v) is 2.37. The van der Waals surface area contributed by atoms with E-state index in [2.05, 4.69) is 20.6 Å². The predicted octanol–water partition coefficient (Wildman–Crippen LogP) is 3.02. The van der Waals surface area contributed by atoms with E-state index in [0.717, 1.165) is 28.6 Å². The van der Waals surface area contributed by atoms with Crippen molar-refractivity contribution in [2.75, 3.05) is 17.4 Å². The second-order valence-corrected chi connectivity index (χ2v) is 5.24. The van der Waals surface area contributed by atoms with Gasteiger partial charge in [-0.1, -0.05) is 6.07 Å². The first-order valence-electron chi connectivity index (χ1n) is 7.58. The molecule has 0 saturated carbocycles. The number of fused-ring (bicyclic) bond motifs is 1. The Kier molecular flexibility index (Phi) is 3.89. The van der Waals surface area contributed by atoms with Crippen LogP contribution in [0.1, 0.15) is 11.3 Å². The Morgan fingerprint density at radius 2 is 1.96 bits per heavy atom. The van der Waals surface area contributed by atoms with Crippen molar-refractivity contribution in [3.8, 4) is 11.5 Å². The molecule has 3 aromatic rings. The first-order valence-corrected chi connectivity index (χ1v) is 7.58. The van der Waals surface area contributed by atoms with Gasteiger partial charge in [0.2, 0.25) is 12.7 Å². The van der Waals surface area contributed by atoms with Crippen molar-refractivity contribution in [2.24, 2.45) is 0 Å². The van der Waals surface area contributed by atoms with Gasteiger partial charge in [0.05, 0.1) is 12.8 Å². The van der Waals surface area contributed by atoms with E-state index in [0.29, 0.717) is 19.0 Å². The van der Waals surface area contributed by atoms with Crippen LogP contribution in [0.4, 0.5) is 11.8 Å². The summed E-state index contributed by atoms with van der Waals surface area (Å²) in [6.07, 6.45) is 3.36. The third-order valence-corrected chi connectivity index (χ3v) is 3.57. The highest BCUT2D eigenvalue weighted by atomic mass is 16.7. The number of nitrogens with zero attached hydrogens (tertiary/aromatic N) is 2. The van der Waals surface area contributed by atoms with Crippen LogP contribution in [0.2, 0.25) is 0 Å². The number of rotatable bonds is 6. The van der Waals surface area contributed by atoms with Crippen LogP contribution in [0.15, 0.2) is 53.3 Å². The maximum absolute atomic E-state index is 5.38. The molecule has 122 valence electrons. The average Bonchev–Trinajstić information content (AvgIpc) is 3.29. The Bertz CT molecular complexity index is 820. The largest absolute Gasteiger partial charge is 0.467 e. The maximum Gasteiger partial charge on any atom is 0.231 e. The van der Waals surface area contributed by atoms with E-state index in [1.165, 1.54) is 0 Å². The number of hydrogen-bond donors (Lipinski definition) is 2. The molecule has 0 saturated heterocycles. The quantitative estimate of drug-likeness (QED) is 0.721. The van der Waals surface area contributed by atoms with Gasteiger partial charge in [0.15, 0.2) is 11.5 Å². The zero-order valence-electron chi connectivity index (χ0n) is 12.9. The van der Waals surface area contributed by atoms with Crippen molar-refractivity contribution in [3.05, 3.63) is 60.2 Å². The fourth-order valence-electron chi connectivity index (χ4n) is 2.37. The van der Waals surface area contributed by atoms with Gasteiger partial charge in [-0.3, -0.25) is 0 Å². The van der Waals surface area contributed by atoms with Crippen LogP contribution in [-0.4, -0.2) is 16.8 Å². The van der Waals surface area contributed by atoms with Gasteiger partial charge in [-0.25, -0.2) is 4.98 Å². The molecule has 1 aliphatic rings. The van der Waals surface area contributed by atoms with Crippen molar-refractivity contribution in [3.63, 3.8) is 0 Å². The predicted molar refractivity (Wildman–Crippen MR) is 88.0 cm³/mol. The molecule has 0 atom stereocenters. The number of hydrogen-bond acceptors (Lipinski definition) is 7. The lowest BCUT2D eigenvalue weighted by Crippen LogP contribution is -2.06. The molecule has 0 bridgehead atoms. The van der Waals surface area contributed by atoms with Gasteiger partial charge < -0.3 is 24.5 Å². The molecular weight excluding hydrogens is 308 g/mol. The Morgan fingerprint density at radius 3 is 2.88 bits per heavy atom. The second-order valence-electron chi connectivity index (χ2n) is 5.24. The van der Waals surface area contributed by atoms with Gasteiger partial charge in [0.25, 0.3) is 0 Å². The van der Waals surface area contributed by atoms with Gasteiger partial charge in [0.1, 0.15) is 11.6 Å². The summed E-state index contributed by atoms with van der Waals surface area (Å²) in [5, 5.41) is 6.40. The Labute approximate surface area is 138 Å². The summed E-state index contributed by atoms with van der Waals surface area (Å²) in [6.45, 7) is 1.45. The molecule has 0 spiro atoms. The minimum atomic E-state index is 0.276. The maximum atomic E-state index is 5.38. The number of aromatic nitrogens is 2. The van der Waals surface area contributed by atoms with Crippen LogP contribution in [0, 0.1) is 0 Å². The molecule has 3 heterocycles. The van der Waals surface area contributed by atoms with E-state index in [1.54, 1.807) is 12.5 Å². The molecule has 7 heteroatoms. The summed E-state index contributed by atoms with van der Waals surface area (Å²) < 4.78 is 16.0. The molecule has 24 heavy (non-hydrogen) atoms. The van der Waals surface area contributed by atoms with Crippen molar-refractivity contribution < 1.29 is 13.9 Å². The van der Waals surface area contributed by atoms with Crippen LogP contribution in [0.25, 0.3) is 0 Å². The number of ether oxygens (including phenoxy) is 2. The van der Waals surface area contributed by atoms with E-state index >= 15 is 0 Å². The number of benzene rings is 1. The number of nitrogens with one attached hydrogen (secondary N) is 2. The smallest absolute Gasteiger partial charge is 0.231 e. The Hall–Kier alpha value is -3.22. The van der Waals surface area contributed by atoms with E-state index in [-0.39, 0.29) is 6.79 Å². The lowest BCUT2D eigenvalue weighted by molar-refractivity contribution is 0.174. The Morgan fingerprint density at radius 1 is 1.00 bits per heavy atom. The lowest BCUT2D eigenvalue weighted by atomic mass is 10.2. The highest BCUT2D eigenvalue weighted by Crippen LogP contribution is 2.32. The third kappa shape index (κ3) is 3.24. The first kappa shape index (κ1) is 14.4. The van der Waals surface area contributed by atoms with Crippen molar-refractivity contribution in [1.82, 2.24) is 9.97 Å². The van der Waals surface area contributed by atoms with Gasteiger partial charge in [-0.2, -0.15) is 4.98 Å². The van der Waals surface area contributed by atoms with Crippen LogP contribution in [0.5, 0.6) is 11.5 Å². The van der Waals surface area contributed by atoms with E-state index in [9.17, 15) is 0 Å². The van der Waals surface area contributed by atoms with Crippen LogP contribution >= 0.6 is 0 Å². The molecule has 0 amide bonds. The molecule has 0 fully saturated rings. The average molecular weight is 324 g/mol. The normalized spacial score (nSPS) is 12.2. The van der Waals surface area contributed by atoms with E-state index < -0.39 is 0 Å². The van der Waals surface area contributed by atoms with Crippen molar-refractivity contribution >= 4 is 11.8 Å². The molecule has 0 radical (unpaired) electrons. The third-order valence-electron chi connectivity index (χ3n) is 3.57. The zero-order valence-corrected chi connectivity index (χ0v) is 12.9. The summed E-state index contributed by atoms with van der Waals surface area (Å²) in [4.78, 5) is 8.66. The number of anilines is 2. The zero-order chi connectivity index (χ0) is 16.2. The topological polar surface area (TPSA) is 81.4 Å². The summed E-state index contributed by atoms with van der Waals surface area (Å²) >= 11 is 0. The van der Waals surface area contributed by atoms with Crippen molar-refractivity contribution in [1.29, 1.82) is 0 Å². The molecule has 1 aliphatic heterocycles. The van der Waals surface area contributed by atoms with Crippen LogP contribution < -0.4 is 20.1 Å². The second kappa shape index (κ2) is 6.49. The summed E-state index contributed by atoms with van der Waals surface area (Å²) in [5.74, 6) is 3.68. The monoisotopic (exact) mass is 324 g/mol.